The van der Waals surface area contributed by atoms with E-state index in [4.69, 9.17) is 10.7 Å². The van der Waals surface area contributed by atoms with Crippen LogP contribution in [0, 0.1) is 0 Å². The highest BCUT2D eigenvalue weighted by Crippen LogP contribution is 2.24. The van der Waals surface area contributed by atoms with Gasteiger partial charge in [0.05, 0.1) is 0 Å². The Morgan fingerprint density at radius 2 is 1.74 bits per heavy atom. The summed E-state index contributed by atoms with van der Waals surface area (Å²) in [6.07, 6.45) is 8.16. The molecular weight excluding hydrogens is 488 g/mol. The average Bonchev–Trinajstić information content (AvgIpc) is 3.32. The lowest BCUT2D eigenvalue weighted by Gasteiger charge is -2.31. The molecule has 0 amide bonds. The van der Waals surface area contributed by atoms with E-state index in [0.29, 0.717) is 36.6 Å². The molecule has 202 valence electrons. The van der Waals surface area contributed by atoms with Gasteiger partial charge in [-0.25, -0.2) is 4.79 Å². The first kappa shape index (κ1) is 26.4. The van der Waals surface area contributed by atoms with Crippen LogP contribution in [0.25, 0.3) is 23.4 Å². The molecule has 2 N–H and O–H groups in total. The number of nitrogens with zero attached hydrogens (tertiary/aromatic N) is 5. The second kappa shape index (κ2) is 11.7. The van der Waals surface area contributed by atoms with Gasteiger partial charge in [-0.15, -0.1) is 0 Å². The molecule has 8 heteroatoms. The van der Waals surface area contributed by atoms with E-state index in [1.165, 1.54) is 9.13 Å². The van der Waals surface area contributed by atoms with Gasteiger partial charge in [-0.2, -0.15) is 4.98 Å². The van der Waals surface area contributed by atoms with E-state index in [0.717, 1.165) is 36.1 Å². The molecule has 0 saturated carbocycles. The molecule has 39 heavy (non-hydrogen) atoms. The van der Waals surface area contributed by atoms with Crippen LogP contribution in [-0.4, -0.2) is 37.8 Å². The lowest BCUT2D eigenvalue weighted by Crippen LogP contribution is -2.44. The topological polar surface area (TPSA) is 91.1 Å². The number of allylic oxidation sites excluding steroid dienone is 2. The Hall–Kier alpha value is -4.17. The maximum absolute atomic E-state index is 14.0. The number of aromatic nitrogens is 4. The third-order valence-corrected chi connectivity index (χ3v) is 7.15. The van der Waals surface area contributed by atoms with Crippen LogP contribution in [-0.2, 0) is 19.5 Å². The van der Waals surface area contributed by atoms with Crippen LogP contribution in [0.4, 0.5) is 5.95 Å². The Bertz CT molecular complexity index is 1610. The first-order valence-corrected chi connectivity index (χ1v) is 13.6. The molecule has 0 radical (unpaired) electrons. The Balaban J connectivity index is 1.72. The minimum atomic E-state index is -0.399. The van der Waals surface area contributed by atoms with Crippen molar-refractivity contribution in [2.24, 2.45) is 5.73 Å². The number of fused-ring (bicyclic) bond motifs is 1. The summed E-state index contributed by atoms with van der Waals surface area (Å²) in [6, 6.07) is 19.7. The SMILES string of the molecule is CC(C)=CCn1c(N2CCCC(N)C2)nc2c1c(=O)n(CCc1ccccc1)c(=O)n2/C=C/c1ccccc1. The number of hydrogen-bond donors (Lipinski definition) is 1. The number of aryl methyl sites for hydroxylation is 1. The Kier molecular flexibility index (Phi) is 7.93. The molecule has 4 aromatic rings. The molecule has 1 atom stereocenters. The quantitative estimate of drug-likeness (QED) is 0.350. The lowest BCUT2D eigenvalue weighted by atomic mass is 10.1. The van der Waals surface area contributed by atoms with Crippen molar-refractivity contribution in [3.8, 4) is 0 Å². The summed E-state index contributed by atoms with van der Waals surface area (Å²) >= 11 is 0. The van der Waals surface area contributed by atoms with Crippen molar-refractivity contribution >= 4 is 29.4 Å². The zero-order chi connectivity index (χ0) is 27.4. The van der Waals surface area contributed by atoms with Gasteiger partial charge in [-0.1, -0.05) is 72.3 Å². The highest BCUT2D eigenvalue weighted by molar-refractivity contribution is 5.78. The number of piperidine rings is 1. The summed E-state index contributed by atoms with van der Waals surface area (Å²) in [5, 5.41) is 0. The molecule has 3 heterocycles. The van der Waals surface area contributed by atoms with Crippen LogP contribution in [0.5, 0.6) is 0 Å². The molecule has 5 rings (SSSR count). The van der Waals surface area contributed by atoms with E-state index in [9.17, 15) is 9.59 Å². The molecule has 2 aromatic carbocycles. The van der Waals surface area contributed by atoms with Gasteiger partial charge in [0.25, 0.3) is 5.56 Å². The standard InChI is InChI=1S/C31H36N6O2/c1-23(2)15-19-35-27-28(33-30(35)34-18-9-14-26(32)22-34)36(20-16-24-10-5-3-6-11-24)31(39)37(29(27)38)21-17-25-12-7-4-8-13-25/h3-8,10-13,15-16,20,26H,9,14,17-19,21-22,32H2,1-2H3/b20-16+. The van der Waals surface area contributed by atoms with Gasteiger partial charge in [0.15, 0.2) is 11.2 Å². The first-order chi connectivity index (χ1) is 18.9. The number of hydrogen-bond acceptors (Lipinski definition) is 5. The largest absolute Gasteiger partial charge is 0.341 e. The van der Waals surface area contributed by atoms with E-state index in [2.05, 4.69) is 11.0 Å². The molecule has 0 aliphatic carbocycles. The van der Waals surface area contributed by atoms with Crippen molar-refractivity contribution in [3.05, 3.63) is 104 Å². The molecule has 1 unspecified atom stereocenters. The molecule has 1 aliphatic heterocycles. The van der Waals surface area contributed by atoms with E-state index in [1.807, 2.05) is 85.2 Å². The summed E-state index contributed by atoms with van der Waals surface area (Å²) < 4.78 is 4.81. The average molecular weight is 525 g/mol. The van der Waals surface area contributed by atoms with Gasteiger partial charge in [0.1, 0.15) is 0 Å². The third kappa shape index (κ3) is 5.81. The first-order valence-electron chi connectivity index (χ1n) is 13.6. The molecule has 0 spiro atoms. The number of rotatable bonds is 8. The lowest BCUT2D eigenvalue weighted by molar-refractivity contribution is 0.495. The summed E-state index contributed by atoms with van der Waals surface area (Å²) in [5.41, 5.74) is 9.54. The van der Waals surface area contributed by atoms with Crippen molar-refractivity contribution in [3.63, 3.8) is 0 Å². The fourth-order valence-electron chi connectivity index (χ4n) is 5.06. The second-order valence-corrected chi connectivity index (χ2v) is 10.4. The maximum atomic E-state index is 14.0. The molecule has 0 bridgehead atoms. The predicted molar refractivity (Wildman–Crippen MR) is 159 cm³/mol. The number of nitrogens with two attached hydrogens (primary N) is 1. The van der Waals surface area contributed by atoms with Gasteiger partial charge in [0, 0.05) is 38.4 Å². The van der Waals surface area contributed by atoms with Crippen LogP contribution in [0.1, 0.15) is 37.8 Å². The van der Waals surface area contributed by atoms with E-state index in [1.54, 1.807) is 6.20 Å². The molecule has 1 aliphatic rings. The summed E-state index contributed by atoms with van der Waals surface area (Å²) in [4.78, 5) is 35.0. The summed E-state index contributed by atoms with van der Waals surface area (Å²) in [5.74, 6) is 0.678. The van der Waals surface area contributed by atoms with Crippen LogP contribution < -0.4 is 21.9 Å². The highest BCUT2D eigenvalue weighted by Gasteiger charge is 2.26. The van der Waals surface area contributed by atoms with E-state index >= 15 is 0 Å². The Morgan fingerprint density at radius 1 is 1.03 bits per heavy atom. The minimum absolute atomic E-state index is 0.0400. The van der Waals surface area contributed by atoms with Crippen molar-refractivity contribution in [1.82, 2.24) is 18.7 Å². The van der Waals surface area contributed by atoms with Gasteiger partial charge < -0.3 is 15.2 Å². The molecular formula is C31H36N6O2. The van der Waals surface area contributed by atoms with Gasteiger partial charge in [0.2, 0.25) is 5.95 Å². The fraction of sp³-hybridized carbons (Fsp3) is 0.323. The number of imidazole rings is 1. The molecule has 8 nitrogen and oxygen atoms in total. The van der Waals surface area contributed by atoms with Crippen LogP contribution in [0.15, 0.2) is 81.9 Å². The van der Waals surface area contributed by atoms with Crippen molar-refractivity contribution in [1.29, 1.82) is 0 Å². The van der Waals surface area contributed by atoms with Crippen LogP contribution >= 0.6 is 0 Å². The van der Waals surface area contributed by atoms with Gasteiger partial charge in [-0.05, 0) is 50.3 Å². The van der Waals surface area contributed by atoms with E-state index in [-0.39, 0.29) is 18.1 Å². The normalized spacial score (nSPS) is 15.8. The van der Waals surface area contributed by atoms with Gasteiger partial charge >= 0.3 is 5.69 Å². The molecule has 1 fully saturated rings. The Labute approximate surface area is 228 Å². The van der Waals surface area contributed by atoms with Crippen molar-refractivity contribution in [2.45, 2.75) is 52.2 Å². The van der Waals surface area contributed by atoms with E-state index < -0.39 is 5.69 Å². The van der Waals surface area contributed by atoms with Crippen LogP contribution in [0.2, 0.25) is 0 Å². The van der Waals surface area contributed by atoms with Crippen molar-refractivity contribution < 1.29 is 0 Å². The Morgan fingerprint density at radius 3 is 2.44 bits per heavy atom. The smallest absolute Gasteiger partial charge is 0.336 e. The fourth-order valence-corrected chi connectivity index (χ4v) is 5.06. The zero-order valence-corrected chi connectivity index (χ0v) is 22.7. The van der Waals surface area contributed by atoms with Gasteiger partial charge in [-0.3, -0.25) is 13.9 Å². The molecule has 1 saturated heterocycles. The zero-order valence-electron chi connectivity index (χ0n) is 22.7. The summed E-state index contributed by atoms with van der Waals surface area (Å²) in [7, 11) is 0. The summed E-state index contributed by atoms with van der Waals surface area (Å²) in [6.45, 7) is 6.28. The number of benzene rings is 2. The minimum Gasteiger partial charge on any atom is -0.341 e. The predicted octanol–water partition coefficient (Wildman–Crippen LogP) is 4.12. The highest BCUT2D eigenvalue weighted by atomic mass is 16.2. The molecule has 2 aromatic heterocycles. The maximum Gasteiger partial charge on any atom is 0.336 e. The van der Waals surface area contributed by atoms with Crippen LogP contribution in [0.3, 0.4) is 0 Å². The second-order valence-electron chi connectivity index (χ2n) is 10.4. The van der Waals surface area contributed by atoms with Crippen molar-refractivity contribution in [2.75, 3.05) is 18.0 Å². The monoisotopic (exact) mass is 524 g/mol. The number of anilines is 1. The third-order valence-electron chi connectivity index (χ3n) is 7.15.